The van der Waals surface area contributed by atoms with Crippen LogP contribution in [0.25, 0.3) is 0 Å². The molecule has 2 atom stereocenters. The van der Waals surface area contributed by atoms with Crippen LogP contribution in [0.4, 0.5) is 0 Å². The van der Waals surface area contributed by atoms with Crippen LogP contribution in [0, 0.1) is 10.8 Å². The zero-order valence-electron chi connectivity index (χ0n) is 9.34. The highest BCUT2D eigenvalue weighted by molar-refractivity contribution is 5.92. The summed E-state index contributed by atoms with van der Waals surface area (Å²) in [5.41, 5.74) is -0.115. The van der Waals surface area contributed by atoms with E-state index in [1.807, 2.05) is 0 Å². The van der Waals surface area contributed by atoms with Crippen molar-refractivity contribution >= 4 is 5.78 Å². The Morgan fingerprint density at radius 1 is 1.21 bits per heavy atom. The lowest BCUT2D eigenvalue weighted by Gasteiger charge is -2.63. The molecule has 2 unspecified atom stereocenters. The van der Waals surface area contributed by atoms with E-state index < -0.39 is 0 Å². The maximum Gasteiger partial charge on any atom is 0.158 e. The number of carbonyl (C=O) groups excluding carboxylic acids is 1. The second-order valence-corrected chi connectivity index (χ2v) is 6.51. The molecule has 0 aromatic heterocycles. The summed E-state index contributed by atoms with van der Waals surface area (Å²) >= 11 is 0. The minimum Gasteiger partial charge on any atom is -0.312 e. The maximum atomic E-state index is 12.3. The van der Waals surface area contributed by atoms with E-state index in [4.69, 9.17) is 0 Å². The van der Waals surface area contributed by atoms with Gasteiger partial charge in [0.1, 0.15) is 6.67 Å². The topological polar surface area (TPSA) is 20.3 Å². The fourth-order valence-corrected chi connectivity index (χ4v) is 4.58. The average Bonchev–Trinajstić information content (AvgIpc) is 1.95. The second kappa shape index (κ2) is 2.07. The van der Waals surface area contributed by atoms with Gasteiger partial charge >= 0.3 is 0 Å². The lowest BCUT2D eigenvalue weighted by atomic mass is 9.62. The Kier molecular flexibility index (Phi) is 1.31. The monoisotopic (exact) mass is 195 g/mol. The molecule has 0 amide bonds. The fraction of sp³-hybridized carbons (Fsp3) is 0.909. The summed E-state index contributed by atoms with van der Waals surface area (Å²) in [5, 5.41) is 0. The van der Waals surface area contributed by atoms with Gasteiger partial charge in [-0.05, 0) is 13.8 Å². The number of nitrogens with zero attached hydrogens (tertiary/aromatic N) is 2. The molecule has 14 heavy (non-hydrogen) atoms. The third-order valence-corrected chi connectivity index (χ3v) is 4.24. The molecule has 4 bridgehead atoms. The van der Waals surface area contributed by atoms with Crippen LogP contribution in [0.2, 0.25) is 0 Å². The molecule has 0 spiro atoms. The number of rotatable bonds is 0. The Labute approximate surface area is 85.3 Å². The molecule has 78 valence electrons. The number of quaternary nitrogens is 1. The molecule has 4 aliphatic heterocycles. The molecular formula is C11H19N2O+. The van der Waals surface area contributed by atoms with E-state index >= 15 is 0 Å². The largest absolute Gasteiger partial charge is 0.312 e. The molecule has 3 heteroatoms. The van der Waals surface area contributed by atoms with Crippen LogP contribution in [0.5, 0.6) is 0 Å². The van der Waals surface area contributed by atoms with Gasteiger partial charge in [0.05, 0.1) is 31.0 Å². The van der Waals surface area contributed by atoms with E-state index in [9.17, 15) is 4.79 Å². The van der Waals surface area contributed by atoms with Crippen molar-refractivity contribution in [1.29, 1.82) is 0 Å². The van der Waals surface area contributed by atoms with Gasteiger partial charge in [-0.3, -0.25) is 9.69 Å². The number of ketones is 1. The van der Waals surface area contributed by atoms with Crippen molar-refractivity contribution in [2.75, 3.05) is 39.9 Å². The Bertz CT molecular complexity index is 303. The Morgan fingerprint density at radius 2 is 1.71 bits per heavy atom. The van der Waals surface area contributed by atoms with Crippen LogP contribution in [0.15, 0.2) is 0 Å². The third kappa shape index (κ3) is 0.873. The van der Waals surface area contributed by atoms with Gasteiger partial charge in [-0.25, -0.2) is 0 Å². The third-order valence-electron chi connectivity index (χ3n) is 4.24. The number of hydrogen-bond donors (Lipinski definition) is 0. The normalized spacial score (nSPS) is 60.8. The summed E-state index contributed by atoms with van der Waals surface area (Å²) in [4.78, 5) is 14.8. The molecular weight excluding hydrogens is 176 g/mol. The standard InChI is InChI=1S/C11H19N2O/c1-10-4-12-5-11(2,9(10)14)7-13(3,6-10)8-12/h4-8H2,1-3H3/q+1. The predicted molar refractivity (Wildman–Crippen MR) is 53.6 cm³/mol. The van der Waals surface area contributed by atoms with E-state index in [2.05, 4.69) is 25.8 Å². The van der Waals surface area contributed by atoms with Crippen molar-refractivity contribution in [2.24, 2.45) is 10.8 Å². The van der Waals surface area contributed by atoms with Crippen LogP contribution < -0.4 is 0 Å². The molecule has 4 saturated heterocycles. The van der Waals surface area contributed by atoms with Gasteiger partial charge in [0.15, 0.2) is 5.78 Å². The molecule has 4 heterocycles. The molecule has 0 aromatic rings. The molecule has 0 radical (unpaired) electrons. The highest BCUT2D eigenvalue weighted by atomic mass is 16.1. The van der Waals surface area contributed by atoms with E-state index in [1.165, 1.54) is 0 Å². The maximum absolute atomic E-state index is 12.3. The Hall–Kier alpha value is -0.410. The van der Waals surface area contributed by atoms with Crippen LogP contribution in [0.1, 0.15) is 13.8 Å². The molecule has 0 N–H and O–H groups in total. The molecule has 0 aliphatic carbocycles. The molecule has 4 rings (SSSR count). The average molecular weight is 195 g/mol. The van der Waals surface area contributed by atoms with Crippen LogP contribution in [0.3, 0.4) is 0 Å². The van der Waals surface area contributed by atoms with Gasteiger partial charge in [0, 0.05) is 13.1 Å². The van der Waals surface area contributed by atoms with Crippen molar-refractivity contribution in [3.8, 4) is 0 Å². The summed E-state index contributed by atoms with van der Waals surface area (Å²) in [6, 6.07) is 0. The Balaban J connectivity index is 2.12. The van der Waals surface area contributed by atoms with Gasteiger partial charge in [0.25, 0.3) is 0 Å². The Morgan fingerprint density at radius 3 is 2.14 bits per heavy atom. The highest BCUT2D eigenvalue weighted by Gasteiger charge is 2.64. The minimum absolute atomic E-state index is 0.0573. The highest BCUT2D eigenvalue weighted by Crippen LogP contribution is 2.48. The van der Waals surface area contributed by atoms with Gasteiger partial charge in [-0.2, -0.15) is 0 Å². The molecule has 4 aliphatic rings. The van der Waals surface area contributed by atoms with Crippen LogP contribution in [-0.4, -0.2) is 55.1 Å². The lowest BCUT2D eigenvalue weighted by Crippen LogP contribution is -2.80. The molecule has 0 saturated carbocycles. The number of carbonyl (C=O) groups is 1. The summed E-state index contributed by atoms with van der Waals surface area (Å²) < 4.78 is 1.08. The smallest absolute Gasteiger partial charge is 0.158 e. The van der Waals surface area contributed by atoms with E-state index in [1.54, 1.807) is 0 Å². The second-order valence-electron chi connectivity index (χ2n) is 6.51. The van der Waals surface area contributed by atoms with E-state index in [0.717, 1.165) is 37.3 Å². The van der Waals surface area contributed by atoms with Crippen molar-refractivity contribution in [3.63, 3.8) is 0 Å². The number of Topliss-reactive ketones (excluding diaryl/α,β-unsaturated/α-hetero) is 1. The lowest BCUT2D eigenvalue weighted by molar-refractivity contribution is -0.946. The number of piperidine rings is 2. The van der Waals surface area contributed by atoms with Crippen molar-refractivity contribution < 1.29 is 9.28 Å². The van der Waals surface area contributed by atoms with Gasteiger partial charge in [-0.15, -0.1) is 0 Å². The molecule has 0 aromatic carbocycles. The number of hydrogen-bond acceptors (Lipinski definition) is 2. The zero-order valence-corrected chi connectivity index (χ0v) is 9.34. The van der Waals surface area contributed by atoms with E-state index in [0.29, 0.717) is 5.78 Å². The molecule has 3 nitrogen and oxygen atoms in total. The summed E-state index contributed by atoms with van der Waals surface area (Å²) in [6.07, 6.45) is 0. The summed E-state index contributed by atoms with van der Waals surface area (Å²) in [7, 11) is 2.30. The minimum atomic E-state index is -0.0573. The van der Waals surface area contributed by atoms with Crippen LogP contribution in [-0.2, 0) is 4.79 Å². The van der Waals surface area contributed by atoms with Crippen molar-refractivity contribution in [1.82, 2.24) is 4.90 Å². The first kappa shape index (κ1) is 8.86. The van der Waals surface area contributed by atoms with Gasteiger partial charge in [-0.1, -0.05) is 0 Å². The first-order valence-corrected chi connectivity index (χ1v) is 5.46. The summed E-state index contributed by atoms with van der Waals surface area (Å²) in [6.45, 7) is 9.57. The quantitative estimate of drug-likeness (QED) is 0.519. The van der Waals surface area contributed by atoms with Gasteiger partial charge in [0.2, 0.25) is 0 Å². The summed E-state index contributed by atoms with van der Waals surface area (Å²) in [5.74, 6) is 0.525. The van der Waals surface area contributed by atoms with Crippen LogP contribution >= 0.6 is 0 Å². The van der Waals surface area contributed by atoms with E-state index in [-0.39, 0.29) is 10.8 Å². The zero-order chi connectivity index (χ0) is 10.2. The molecule has 4 fully saturated rings. The predicted octanol–water partition coefficient (Wildman–Crippen LogP) is 0.315. The van der Waals surface area contributed by atoms with Crippen molar-refractivity contribution in [2.45, 2.75) is 13.8 Å². The first-order valence-electron chi connectivity index (χ1n) is 5.46. The first-order chi connectivity index (χ1) is 6.35. The van der Waals surface area contributed by atoms with Crippen molar-refractivity contribution in [3.05, 3.63) is 0 Å². The fourth-order valence-electron chi connectivity index (χ4n) is 4.58. The SMILES string of the molecule is CC12CN3CC(C)(C[N+](C)(C3)C1)C2=O. The van der Waals surface area contributed by atoms with Gasteiger partial charge < -0.3 is 4.48 Å².